The van der Waals surface area contributed by atoms with E-state index in [0.717, 1.165) is 22.4 Å². The summed E-state index contributed by atoms with van der Waals surface area (Å²) in [6.07, 6.45) is 1.24. The molecule has 0 aromatic heterocycles. The van der Waals surface area contributed by atoms with Crippen LogP contribution in [-0.4, -0.2) is 28.9 Å². The van der Waals surface area contributed by atoms with Crippen LogP contribution in [0.3, 0.4) is 0 Å². The number of benzene rings is 2. The zero-order valence-electron chi connectivity index (χ0n) is 14.2. The van der Waals surface area contributed by atoms with Gasteiger partial charge in [-0.2, -0.15) is 0 Å². The highest BCUT2D eigenvalue weighted by Gasteiger charge is 2.09. The Morgan fingerprint density at radius 2 is 1.58 bits per heavy atom. The van der Waals surface area contributed by atoms with Crippen molar-refractivity contribution in [3.63, 3.8) is 0 Å². The van der Waals surface area contributed by atoms with E-state index in [4.69, 9.17) is 9.47 Å². The van der Waals surface area contributed by atoms with E-state index in [1.54, 1.807) is 14.2 Å². The van der Waals surface area contributed by atoms with Crippen LogP contribution in [0.15, 0.2) is 42.5 Å². The topological polar surface area (TPSA) is 64.6 Å². The van der Waals surface area contributed by atoms with Crippen LogP contribution in [0.1, 0.15) is 16.7 Å². The molecule has 0 spiro atoms. The first kappa shape index (κ1) is 18.3. The summed E-state index contributed by atoms with van der Waals surface area (Å²) >= 11 is 0. The molecule has 0 heterocycles. The Kier molecular flexibility index (Phi) is 6.23. The first-order valence-electron chi connectivity index (χ1n) is 7.59. The first-order chi connectivity index (χ1) is 11.4. The van der Waals surface area contributed by atoms with Crippen molar-refractivity contribution in [2.75, 3.05) is 20.5 Å². The molecule has 0 fully saturated rings. The number of sulfone groups is 1. The first-order valence-corrected chi connectivity index (χ1v) is 9.65. The molecule has 0 amide bonds. The predicted molar refractivity (Wildman–Crippen MR) is 95.1 cm³/mol. The molecule has 0 saturated carbocycles. The van der Waals surface area contributed by atoms with Crippen molar-refractivity contribution in [1.82, 2.24) is 5.32 Å². The van der Waals surface area contributed by atoms with Crippen molar-refractivity contribution in [3.05, 3.63) is 59.2 Å². The minimum Gasteiger partial charge on any atom is -0.493 e. The van der Waals surface area contributed by atoms with E-state index in [9.17, 15) is 8.42 Å². The van der Waals surface area contributed by atoms with Crippen molar-refractivity contribution < 1.29 is 17.9 Å². The molecule has 6 heteroatoms. The summed E-state index contributed by atoms with van der Waals surface area (Å²) in [4.78, 5) is 0. The molecule has 24 heavy (non-hydrogen) atoms. The second kappa shape index (κ2) is 8.17. The van der Waals surface area contributed by atoms with Crippen molar-refractivity contribution >= 4 is 9.84 Å². The number of methoxy groups -OCH3 is 2. The van der Waals surface area contributed by atoms with Crippen molar-refractivity contribution in [1.29, 1.82) is 0 Å². The molecule has 0 saturated heterocycles. The van der Waals surface area contributed by atoms with E-state index in [-0.39, 0.29) is 5.75 Å². The van der Waals surface area contributed by atoms with Gasteiger partial charge < -0.3 is 14.8 Å². The summed E-state index contributed by atoms with van der Waals surface area (Å²) in [5.74, 6) is 1.51. The predicted octanol–water partition coefficient (Wildman–Crippen LogP) is 2.54. The van der Waals surface area contributed by atoms with Gasteiger partial charge in [0.25, 0.3) is 0 Å². The maximum Gasteiger partial charge on any atom is 0.165 e. The number of para-hydroxylation sites is 1. The lowest BCUT2D eigenvalue weighted by atomic mass is 10.1. The fourth-order valence-corrected chi connectivity index (χ4v) is 3.29. The SMILES string of the molecule is COc1cccc(CNCc2ccc(CS(C)(=O)=O)cc2)c1OC. The molecule has 2 aromatic carbocycles. The highest BCUT2D eigenvalue weighted by atomic mass is 32.2. The van der Waals surface area contributed by atoms with Gasteiger partial charge in [0.05, 0.1) is 20.0 Å². The standard InChI is InChI=1S/C18H23NO4S/c1-22-17-6-4-5-16(18(17)23-2)12-19-11-14-7-9-15(10-8-14)13-24(3,20)21/h4-10,19H,11-13H2,1-3H3. The maximum absolute atomic E-state index is 11.3. The highest BCUT2D eigenvalue weighted by Crippen LogP contribution is 2.30. The van der Waals surface area contributed by atoms with Crippen molar-refractivity contribution in [2.45, 2.75) is 18.8 Å². The average Bonchev–Trinajstić information content (AvgIpc) is 2.54. The van der Waals surface area contributed by atoms with Gasteiger partial charge in [-0.25, -0.2) is 8.42 Å². The van der Waals surface area contributed by atoms with Crippen LogP contribution in [0.25, 0.3) is 0 Å². The smallest absolute Gasteiger partial charge is 0.165 e. The summed E-state index contributed by atoms with van der Waals surface area (Å²) in [6.45, 7) is 1.32. The average molecular weight is 349 g/mol. The van der Waals surface area contributed by atoms with Crippen LogP contribution in [0.2, 0.25) is 0 Å². The van der Waals surface area contributed by atoms with E-state index in [1.165, 1.54) is 6.26 Å². The van der Waals surface area contributed by atoms with Gasteiger partial charge in [0.1, 0.15) is 0 Å². The third kappa shape index (κ3) is 5.25. The number of ether oxygens (including phenoxy) is 2. The molecule has 0 radical (unpaired) electrons. The van der Waals surface area contributed by atoms with Gasteiger partial charge in [0, 0.05) is 24.9 Å². The molecular formula is C18H23NO4S. The lowest BCUT2D eigenvalue weighted by molar-refractivity contribution is 0.350. The zero-order valence-corrected chi connectivity index (χ0v) is 15.0. The lowest BCUT2D eigenvalue weighted by Gasteiger charge is -2.13. The second-order valence-corrected chi connectivity index (χ2v) is 7.78. The molecule has 0 aliphatic heterocycles. The summed E-state index contributed by atoms with van der Waals surface area (Å²) in [7, 11) is 0.246. The van der Waals surface area contributed by atoms with Crippen LogP contribution in [-0.2, 0) is 28.7 Å². The Morgan fingerprint density at radius 1 is 0.917 bits per heavy atom. The largest absolute Gasteiger partial charge is 0.493 e. The molecular weight excluding hydrogens is 326 g/mol. The van der Waals surface area contributed by atoms with E-state index in [0.29, 0.717) is 18.8 Å². The molecule has 0 aliphatic rings. The molecule has 2 aromatic rings. The maximum atomic E-state index is 11.3. The number of rotatable bonds is 8. The van der Waals surface area contributed by atoms with Gasteiger partial charge in [0.15, 0.2) is 21.3 Å². The monoisotopic (exact) mass is 349 g/mol. The Balaban J connectivity index is 1.95. The third-order valence-corrected chi connectivity index (χ3v) is 4.44. The number of hydrogen-bond donors (Lipinski definition) is 1. The van der Waals surface area contributed by atoms with Gasteiger partial charge in [-0.15, -0.1) is 0 Å². The normalized spacial score (nSPS) is 11.3. The van der Waals surface area contributed by atoms with E-state index >= 15 is 0 Å². The van der Waals surface area contributed by atoms with E-state index in [2.05, 4.69) is 5.32 Å². The summed E-state index contributed by atoms with van der Waals surface area (Å²) in [5, 5.41) is 3.36. The van der Waals surface area contributed by atoms with Gasteiger partial charge in [-0.1, -0.05) is 36.4 Å². The van der Waals surface area contributed by atoms with Gasteiger partial charge in [-0.3, -0.25) is 0 Å². The minimum atomic E-state index is -3.00. The van der Waals surface area contributed by atoms with Gasteiger partial charge >= 0.3 is 0 Å². The Bertz CT molecular complexity index is 770. The third-order valence-electron chi connectivity index (χ3n) is 3.58. The van der Waals surface area contributed by atoms with Crippen LogP contribution in [0.5, 0.6) is 11.5 Å². The molecule has 0 atom stereocenters. The molecule has 1 N–H and O–H groups in total. The van der Waals surface area contributed by atoms with Crippen LogP contribution in [0, 0.1) is 0 Å². The lowest BCUT2D eigenvalue weighted by Crippen LogP contribution is -2.13. The second-order valence-electron chi connectivity index (χ2n) is 5.64. The summed E-state index contributed by atoms with van der Waals surface area (Å²) in [5.41, 5.74) is 2.91. The summed E-state index contributed by atoms with van der Waals surface area (Å²) < 4.78 is 33.3. The molecule has 130 valence electrons. The molecule has 5 nitrogen and oxygen atoms in total. The zero-order chi connectivity index (χ0) is 17.6. The fraction of sp³-hybridized carbons (Fsp3) is 0.333. The van der Waals surface area contributed by atoms with Crippen LogP contribution in [0.4, 0.5) is 0 Å². The molecule has 0 aliphatic carbocycles. The highest BCUT2D eigenvalue weighted by molar-refractivity contribution is 7.89. The minimum absolute atomic E-state index is 0.0711. The Morgan fingerprint density at radius 3 is 2.17 bits per heavy atom. The van der Waals surface area contributed by atoms with Gasteiger partial charge in [0.2, 0.25) is 0 Å². The van der Waals surface area contributed by atoms with Crippen molar-refractivity contribution in [3.8, 4) is 11.5 Å². The quantitative estimate of drug-likeness (QED) is 0.793. The Hall–Kier alpha value is -2.05. The number of hydrogen-bond acceptors (Lipinski definition) is 5. The van der Waals surface area contributed by atoms with Crippen LogP contribution >= 0.6 is 0 Å². The van der Waals surface area contributed by atoms with Crippen molar-refractivity contribution in [2.24, 2.45) is 0 Å². The van der Waals surface area contributed by atoms with E-state index in [1.807, 2.05) is 42.5 Å². The molecule has 0 bridgehead atoms. The van der Waals surface area contributed by atoms with E-state index < -0.39 is 9.84 Å². The van der Waals surface area contributed by atoms with Crippen LogP contribution < -0.4 is 14.8 Å². The fourth-order valence-electron chi connectivity index (χ4n) is 2.49. The summed E-state index contributed by atoms with van der Waals surface area (Å²) in [6, 6.07) is 13.4. The molecule has 0 unspecified atom stereocenters. The number of nitrogens with one attached hydrogen (secondary N) is 1. The molecule has 2 rings (SSSR count). The Labute approximate surface area is 143 Å². The van der Waals surface area contributed by atoms with Gasteiger partial charge in [-0.05, 0) is 17.2 Å².